The van der Waals surface area contributed by atoms with E-state index in [1.807, 2.05) is 29.5 Å². The Morgan fingerprint density at radius 2 is 2.10 bits per heavy atom. The van der Waals surface area contributed by atoms with Crippen LogP contribution in [0, 0.1) is 6.92 Å². The molecule has 0 aliphatic carbocycles. The van der Waals surface area contributed by atoms with Gasteiger partial charge in [-0.15, -0.1) is 11.3 Å². The first kappa shape index (κ1) is 12.8. The number of nitrogens with zero attached hydrogens (tertiary/aromatic N) is 3. The van der Waals surface area contributed by atoms with Gasteiger partial charge in [-0.2, -0.15) is 4.98 Å². The molecule has 1 aromatic carbocycles. The third kappa shape index (κ3) is 2.19. The highest BCUT2D eigenvalue weighted by atomic mass is 32.1. The van der Waals surface area contributed by atoms with Crippen LogP contribution in [0.1, 0.15) is 5.56 Å². The van der Waals surface area contributed by atoms with Crippen molar-refractivity contribution in [2.45, 2.75) is 6.92 Å². The molecule has 3 aromatic rings. The number of hydrogen-bond acceptors (Lipinski definition) is 6. The van der Waals surface area contributed by atoms with Crippen LogP contribution < -0.4 is 16.2 Å². The van der Waals surface area contributed by atoms with Crippen LogP contribution in [0.3, 0.4) is 0 Å². The van der Waals surface area contributed by atoms with E-state index in [0.717, 1.165) is 21.7 Å². The zero-order chi connectivity index (χ0) is 14.1. The van der Waals surface area contributed by atoms with Gasteiger partial charge in [0.2, 0.25) is 5.95 Å². The lowest BCUT2D eigenvalue weighted by Gasteiger charge is -2.20. The molecular formula is C14H15N5S. The highest BCUT2D eigenvalue weighted by molar-refractivity contribution is 7.16. The van der Waals surface area contributed by atoms with Crippen LogP contribution in [0.15, 0.2) is 35.7 Å². The van der Waals surface area contributed by atoms with Gasteiger partial charge in [0.25, 0.3) is 0 Å². The van der Waals surface area contributed by atoms with Crippen molar-refractivity contribution in [1.82, 2.24) is 9.97 Å². The molecule has 0 aliphatic heterocycles. The van der Waals surface area contributed by atoms with Crippen LogP contribution in [-0.4, -0.2) is 17.0 Å². The zero-order valence-electron chi connectivity index (χ0n) is 11.3. The average Bonchev–Trinajstić information content (AvgIpc) is 2.93. The number of benzene rings is 1. The summed E-state index contributed by atoms with van der Waals surface area (Å²) in [5.41, 5.74) is 4.82. The third-order valence-corrected chi connectivity index (χ3v) is 3.95. The maximum atomic E-state index is 5.45. The molecule has 0 radical (unpaired) electrons. The fourth-order valence-corrected chi connectivity index (χ4v) is 2.88. The molecule has 0 fully saturated rings. The van der Waals surface area contributed by atoms with Crippen molar-refractivity contribution >= 4 is 39.0 Å². The largest absolute Gasteiger partial charge is 0.329 e. The molecule has 6 heteroatoms. The third-order valence-electron chi connectivity index (χ3n) is 3.14. The predicted molar refractivity (Wildman–Crippen MR) is 84.5 cm³/mol. The van der Waals surface area contributed by atoms with Gasteiger partial charge in [0.05, 0.1) is 5.39 Å². The Morgan fingerprint density at radius 3 is 2.85 bits per heavy atom. The number of aryl methyl sites for hydroxylation is 1. The summed E-state index contributed by atoms with van der Waals surface area (Å²) in [5, 5.41) is 3.03. The molecule has 3 N–H and O–H groups in total. The van der Waals surface area contributed by atoms with E-state index in [1.54, 1.807) is 11.3 Å². The highest BCUT2D eigenvalue weighted by Crippen LogP contribution is 2.32. The predicted octanol–water partition coefficient (Wildman–Crippen LogP) is 3.05. The fraction of sp³-hybridized carbons (Fsp3) is 0.143. The molecule has 0 spiro atoms. The second-order valence-corrected chi connectivity index (χ2v) is 5.45. The first-order valence-electron chi connectivity index (χ1n) is 6.21. The lowest BCUT2D eigenvalue weighted by Crippen LogP contribution is -2.15. The summed E-state index contributed by atoms with van der Waals surface area (Å²) in [6.45, 7) is 2.07. The SMILES string of the molecule is Cc1cccc(N(C)c2nc(NN)nc3sccc23)c1. The number of aromatic nitrogens is 2. The second-order valence-electron chi connectivity index (χ2n) is 4.55. The highest BCUT2D eigenvalue weighted by Gasteiger charge is 2.13. The summed E-state index contributed by atoms with van der Waals surface area (Å²) in [5.74, 6) is 6.72. The van der Waals surface area contributed by atoms with Gasteiger partial charge in [0, 0.05) is 12.7 Å². The van der Waals surface area contributed by atoms with Crippen LogP contribution in [0.25, 0.3) is 10.2 Å². The van der Waals surface area contributed by atoms with Gasteiger partial charge in [-0.3, -0.25) is 5.43 Å². The van der Waals surface area contributed by atoms with Crippen molar-refractivity contribution in [3.8, 4) is 0 Å². The number of nitrogens with two attached hydrogens (primary N) is 1. The molecule has 2 aromatic heterocycles. The van der Waals surface area contributed by atoms with Crippen LogP contribution >= 0.6 is 11.3 Å². The van der Waals surface area contributed by atoms with E-state index in [0.29, 0.717) is 5.95 Å². The normalized spacial score (nSPS) is 10.8. The number of nitrogen functional groups attached to an aromatic ring is 1. The van der Waals surface area contributed by atoms with Crippen LogP contribution in [-0.2, 0) is 0 Å². The molecule has 0 amide bonds. The van der Waals surface area contributed by atoms with E-state index >= 15 is 0 Å². The summed E-state index contributed by atoms with van der Waals surface area (Å²) in [6.07, 6.45) is 0. The summed E-state index contributed by atoms with van der Waals surface area (Å²) < 4.78 is 0. The van der Waals surface area contributed by atoms with Crippen molar-refractivity contribution in [2.24, 2.45) is 5.84 Å². The Labute approximate surface area is 121 Å². The smallest absolute Gasteiger partial charge is 0.240 e. The van der Waals surface area contributed by atoms with Gasteiger partial charge >= 0.3 is 0 Å². The molecule has 20 heavy (non-hydrogen) atoms. The van der Waals surface area contributed by atoms with E-state index < -0.39 is 0 Å². The minimum Gasteiger partial charge on any atom is -0.329 e. The number of anilines is 3. The lowest BCUT2D eigenvalue weighted by atomic mass is 10.2. The van der Waals surface area contributed by atoms with Gasteiger partial charge in [0.1, 0.15) is 10.6 Å². The number of nitrogens with one attached hydrogen (secondary N) is 1. The fourth-order valence-electron chi connectivity index (χ4n) is 2.12. The molecule has 2 heterocycles. The number of hydrazine groups is 1. The van der Waals surface area contributed by atoms with Gasteiger partial charge < -0.3 is 4.90 Å². The Kier molecular flexibility index (Phi) is 3.25. The molecule has 0 saturated heterocycles. The molecular weight excluding hydrogens is 270 g/mol. The average molecular weight is 285 g/mol. The number of rotatable bonds is 3. The summed E-state index contributed by atoms with van der Waals surface area (Å²) in [7, 11) is 1.99. The summed E-state index contributed by atoms with van der Waals surface area (Å²) >= 11 is 1.57. The molecule has 0 saturated carbocycles. The van der Waals surface area contributed by atoms with Crippen molar-refractivity contribution < 1.29 is 0 Å². The van der Waals surface area contributed by atoms with Crippen LogP contribution in [0.4, 0.5) is 17.5 Å². The first-order valence-corrected chi connectivity index (χ1v) is 7.09. The van der Waals surface area contributed by atoms with E-state index in [9.17, 15) is 0 Å². The van der Waals surface area contributed by atoms with Crippen molar-refractivity contribution in [1.29, 1.82) is 0 Å². The lowest BCUT2D eigenvalue weighted by molar-refractivity contribution is 1.09. The summed E-state index contributed by atoms with van der Waals surface area (Å²) in [4.78, 5) is 11.8. The summed E-state index contributed by atoms with van der Waals surface area (Å²) in [6, 6.07) is 10.3. The Morgan fingerprint density at radius 1 is 1.25 bits per heavy atom. The quantitative estimate of drug-likeness (QED) is 0.572. The Hall–Kier alpha value is -2.18. The monoisotopic (exact) mass is 285 g/mol. The van der Waals surface area contributed by atoms with E-state index in [2.05, 4.69) is 40.5 Å². The van der Waals surface area contributed by atoms with Gasteiger partial charge in [-0.05, 0) is 36.1 Å². The standard InChI is InChI=1S/C14H15N5S/c1-9-4-3-5-10(8-9)19(2)12-11-6-7-20-13(11)17-14(16-12)18-15/h3-8H,15H2,1-2H3,(H,16,17,18). The molecule has 0 unspecified atom stereocenters. The zero-order valence-corrected chi connectivity index (χ0v) is 12.1. The minimum atomic E-state index is 0.425. The van der Waals surface area contributed by atoms with E-state index in [-0.39, 0.29) is 0 Å². The molecule has 102 valence electrons. The van der Waals surface area contributed by atoms with Crippen LogP contribution in [0.2, 0.25) is 0 Å². The number of thiophene rings is 1. The Bertz CT molecular complexity index is 752. The van der Waals surface area contributed by atoms with Crippen LogP contribution in [0.5, 0.6) is 0 Å². The van der Waals surface area contributed by atoms with Crippen molar-refractivity contribution in [2.75, 3.05) is 17.4 Å². The topological polar surface area (TPSA) is 67.1 Å². The van der Waals surface area contributed by atoms with Gasteiger partial charge in [-0.25, -0.2) is 10.8 Å². The maximum Gasteiger partial charge on any atom is 0.240 e. The molecule has 0 aliphatic rings. The second kappa shape index (κ2) is 5.07. The van der Waals surface area contributed by atoms with E-state index in [1.165, 1.54) is 5.56 Å². The van der Waals surface area contributed by atoms with Crippen molar-refractivity contribution in [3.63, 3.8) is 0 Å². The minimum absolute atomic E-state index is 0.425. The molecule has 3 rings (SSSR count). The molecule has 5 nitrogen and oxygen atoms in total. The molecule has 0 bridgehead atoms. The molecule has 0 atom stereocenters. The van der Waals surface area contributed by atoms with Gasteiger partial charge in [-0.1, -0.05) is 12.1 Å². The Balaban J connectivity index is 2.15. The van der Waals surface area contributed by atoms with Gasteiger partial charge in [0.15, 0.2) is 0 Å². The number of fused-ring (bicyclic) bond motifs is 1. The van der Waals surface area contributed by atoms with E-state index in [4.69, 9.17) is 5.84 Å². The van der Waals surface area contributed by atoms with Crippen molar-refractivity contribution in [3.05, 3.63) is 41.3 Å². The maximum absolute atomic E-state index is 5.45. The first-order chi connectivity index (χ1) is 9.69. The number of hydrogen-bond donors (Lipinski definition) is 2.